The SMILES string of the molecule is CCc1[nH]nc(C(=O)NC2CCCCC2(C)C)c1N. The molecule has 106 valence electrons. The van der Waals surface area contributed by atoms with Gasteiger partial charge in [-0.3, -0.25) is 9.89 Å². The van der Waals surface area contributed by atoms with Crippen LogP contribution in [0.25, 0.3) is 0 Å². The molecule has 1 atom stereocenters. The van der Waals surface area contributed by atoms with Crippen molar-refractivity contribution in [3.63, 3.8) is 0 Å². The number of aromatic amines is 1. The Hall–Kier alpha value is -1.52. The summed E-state index contributed by atoms with van der Waals surface area (Å²) >= 11 is 0. The molecule has 0 bridgehead atoms. The molecule has 1 fully saturated rings. The molecule has 5 heteroatoms. The molecule has 1 aliphatic rings. The van der Waals surface area contributed by atoms with Crippen molar-refractivity contribution in [2.45, 2.75) is 58.9 Å². The van der Waals surface area contributed by atoms with Gasteiger partial charge in [0.05, 0.1) is 11.4 Å². The number of aryl methyl sites for hydroxylation is 1. The second-order valence-electron chi connectivity index (χ2n) is 6.08. The highest BCUT2D eigenvalue weighted by molar-refractivity contribution is 5.97. The van der Waals surface area contributed by atoms with Crippen molar-refractivity contribution in [3.05, 3.63) is 11.4 Å². The second kappa shape index (κ2) is 5.23. The maximum atomic E-state index is 12.3. The predicted octanol–water partition coefficient (Wildman–Crippen LogP) is 2.25. The van der Waals surface area contributed by atoms with Gasteiger partial charge in [0.15, 0.2) is 5.69 Å². The fourth-order valence-corrected chi connectivity index (χ4v) is 2.82. The maximum Gasteiger partial charge on any atom is 0.274 e. The van der Waals surface area contributed by atoms with Gasteiger partial charge in [-0.15, -0.1) is 0 Å². The van der Waals surface area contributed by atoms with E-state index in [1.54, 1.807) is 0 Å². The van der Waals surface area contributed by atoms with Crippen molar-refractivity contribution < 1.29 is 4.79 Å². The van der Waals surface area contributed by atoms with Gasteiger partial charge in [-0.2, -0.15) is 5.10 Å². The molecule has 0 aliphatic heterocycles. The van der Waals surface area contributed by atoms with E-state index in [0.29, 0.717) is 11.4 Å². The van der Waals surface area contributed by atoms with Gasteiger partial charge in [0.2, 0.25) is 0 Å². The van der Waals surface area contributed by atoms with E-state index in [0.717, 1.165) is 25.0 Å². The molecule has 0 radical (unpaired) electrons. The van der Waals surface area contributed by atoms with Crippen molar-refractivity contribution in [1.29, 1.82) is 0 Å². The Bertz CT molecular complexity index is 464. The zero-order valence-electron chi connectivity index (χ0n) is 12.0. The van der Waals surface area contributed by atoms with E-state index in [-0.39, 0.29) is 17.4 Å². The number of nitrogens with zero attached hydrogens (tertiary/aromatic N) is 1. The molecule has 4 N–H and O–H groups in total. The van der Waals surface area contributed by atoms with E-state index in [4.69, 9.17) is 5.73 Å². The third kappa shape index (κ3) is 2.74. The summed E-state index contributed by atoms with van der Waals surface area (Å²) in [5, 5.41) is 9.97. The van der Waals surface area contributed by atoms with Crippen LogP contribution in [0.2, 0.25) is 0 Å². The summed E-state index contributed by atoms with van der Waals surface area (Å²) in [5.74, 6) is -0.159. The van der Waals surface area contributed by atoms with Gasteiger partial charge in [-0.05, 0) is 24.7 Å². The van der Waals surface area contributed by atoms with E-state index >= 15 is 0 Å². The summed E-state index contributed by atoms with van der Waals surface area (Å²) in [6, 6.07) is 0.204. The second-order valence-corrected chi connectivity index (χ2v) is 6.08. The number of hydrogen-bond acceptors (Lipinski definition) is 3. The van der Waals surface area contributed by atoms with Gasteiger partial charge >= 0.3 is 0 Å². The number of amides is 1. The molecule has 1 heterocycles. The number of rotatable bonds is 3. The standard InChI is InChI=1S/C14H24N4O/c1-4-9-11(15)12(18-17-9)13(19)16-10-7-5-6-8-14(10,2)3/h10H,4-8,15H2,1-3H3,(H,16,19)(H,17,18). The Kier molecular flexibility index (Phi) is 3.83. The molecule has 1 aromatic rings. The molecular formula is C14H24N4O. The minimum atomic E-state index is -0.159. The minimum absolute atomic E-state index is 0.145. The molecule has 1 aliphatic carbocycles. The molecule has 1 aromatic heterocycles. The first-order chi connectivity index (χ1) is 8.95. The van der Waals surface area contributed by atoms with Crippen LogP contribution in [0.3, 0.4) is 0 Å². The third-order valence-corrected chi connectivity index (χ3v) is 4.26. The number of nitrogens with two attached hydrogens (primary N) is 1. The number of anilines is 1. The monoisotopic (exact) mass is 264 g/mol. The van der Waals surface area contributed by atoms with Gasteiger partial charge < -0.3 is 11.1 Å². The van der Waals surface area contributed by atoms with Gasteiger partial charge in [-0.25, -0.2) is 0 Å². The number of carbonyl (C=O) groups excluding carboxylic acids is 1. The van der Waals surface area contributed by atoms with Crippen molar-refractivity contribution in [3.8, 4) is 0 Å². The molecule has 1 unspecified atom stereocenters. The lowest BCUT2D eigenvalue weighted by molar-refractivity contribution is 0.0849. The summed E-state index contributed by atoms with van der Waals surface area (Å²) in [6.07, 6.45) is 5.34. The molecule has 19 heavy (non-hydrogen) atoms. The number of carbonyl (C=O) groups is 1. The van der Waals surface area contributed by atoms with Crippen LogP contribution in [0.4, 0.5) is 5.69 Å². The third-order valence-electron chi connectivity index (χ3n) is 4.26. The van der Waals surface area contributed by atoms with Crippen molar-refractivity contribution >= 4 is 11.6 Å². The zero-order valence-corrected chi connectivity index (χ0v) is 12.0. The van der Waals surface area contributed by atoms with E-state index < -0.39 is 0 Å². The quantitative estimate of drug-likeness (QED) is 0.783. The highest BCUT2D eigenvalue weighted by Crippen LogP contribution is 2.35. The van der Waals surface area contributed by atoms with Crippen molar-refractivity contribution in [1.82, 2.24) is 15.5 Å². The highest BCUT2D eigenvalue weighted by Gasteiger charge is 2.34. The number of aromatic nitrogens is 2. The lowest BCUT2D eigenvalue weighted by atomic mass is 9.73. The fourth-order valence-electron chi connectivity index (χ4n) is 2.82. The number of hydrogen-bond donors (Lipinski definition) is 3. The van der Waals surface area contributed by atoms with Crippen molar-refractivity contribution in [2.24, 2.45) is 5.41 Å². The highest BCUT2D eigenvalue weighted by atomic mass is 16.2. The average molecular weight is 264 g/mol. The van der Waals surface area contributed by atoms with Crippen LogP contribution < -0.4 is 11.1 Å². The lowest BCUT2D eigenvalue weighted by Gasteiger charge is -2.38. The Morgan fingerprint density at radius 3 is 2.84 bits per heavy atom. The molecule has 0 aromatic carbocycles. The van der Waals surface area contributed by atoms with E-state index in [1.807, 2.05) is 6.92 Å². The lowest BCUT2D eigenvalue weighted by Crippen LogP contribution is -2.47. The molecular weight excluding hydrogens is 240 g/mol. The largest absolute Gasteiger partial charge is 0.395 e. The van der Waals surface area contributed by atoms with Crippen LogP contribution in [0.5, 0.6) is 0 Å². The van der Waals surface area contributed by atoms with Crippen LogP contribution in [0.15, 0.2) is 0 Å². The fraction of sp³-hybridized carbons (Fsp3) is 0.714. The van der Waals surface area contributed by atoms with Crippen LogP contribution in [-0.4, -0.2) is 22.1 Å². The Morgan fingerprint density at radius 1 is 1.53 bits per heavy atom. The minimum Gasteiger partial charge on any atom is -0.395 e. The number of nitrogens with one attached hydrogen (secondary N) is 2. The molecule has 2 rings (SSSR count). The van der Waals surface area contributed by atoms with E-state index in [9.17, 15) is 4.79 Å². The molecule has 0 spiro atoms. The summed E-state index contributed by atoms with van der Waals surface area (Å²) in [5.41, 5.74) is 7.72. The first kappa shape index (κ1) is 13.9. The van der Waals surface area contributed by atoms with Crippen LogP contribution in [-0.2, 0) is 6.42 Å². The van der Waals surface area contributed by atoms with E-state index in [1.165, 1.54) is 12.8 Å². The van der Waals surface area contributed by atoms with Crippen molar-refractivity contribution in [2.75, 3.05) is 5.73 Å². The number of nitrogen functional groups attached to an aromatic ring is 1. The van der Waals surface area contributed by atoms with Gasteiger partial charge in [0.25, 0.3) is 5.91 Å². The smallest absolute Gasteiger partial charge is 0.274 e. The summed E-state index contributed by atoms with van der Waals surface area (Å²) < 4.78 is 0. The van der Waals surface area contributed by atoms with E-state index in [2.05, 4.69) is 29.4 Å². The van der Waals surface area contributed by atoms with Crippen LogP contribution >= 0.6 is 0 Å². The van der Waals surface area contributed by atoms with Gasteiger partial charge in [-0.1, -0.05) is 33.6 Å². The predicted molar refractivity (Wildman–Crippen MR) is 75.9 cm³/mol. The van der Waals surface area contributed by atoms with Gasteiger partial charge in [0.1, 0.15) is 0 Å². The van der Waals surface area contributed by atoms with Crippen LogP contribution in [0, 0.1) is 5.41 Å². The molecule has 0 saturated heterocycles. The first-order valence-corrected chi connectivity index (χ1v) is 7.09. The summed E-state index contributed by atoms with van der Waals surface area (Å²) in [6.45, 7) is 6.40. The summed E-state index contributed by atoms with van der Waals surface area (Å²) in [4.78, 5) is 12.3. The first-order valence-electron chi connectivity index (χ1n) is 7.09. The zero-order chi connectivity index (χ0) is 14.0. The summed E-state index contributed by atoms with van der Waals surface area (Å²) in [7, 11) is 0. The normalized spacial score (nSPS) is 22.2. The van der Waals surface area contributed by atoms with Gasteiger partial charge in [0, 0.05) is 6.04 Å². The van der Waals surface area contributed by atoms with Crippen LogP contribution in [0.1, 0.15) is 62.6 Å². The maximum absolute atomic E-state index is 12.3. The Balaban J connectivity index is 2.10. The molecule has 1 amide bonds. The molecule has 1 saturated carbocycles. The number of H-pyrrole nitrogens is 1. The topological polar surface area (TPSA) is 83.8 Å². The average Bonchev–Trinajstić information content (AvgIpc) is 2.73. The Morgan fingerprint density at radius 2 is 2.26 bits per heavy atom. The molecule has 5 nitrogen and oxygen atoms in total. The Labute approximate surface area is 114 Å².